The molecule has 1 N–H and O–H groups in total. The molecular formula is C19H38N2. The molecule has 1 saturated carbocycles. The van der Waals surface area contributed by atoms with Crippen LogP contribution in [0.5, 0.6) is 0 Å². The average Bonchev–Trinajstić information content (AvgIpc) is 2.43. The van der Waals surface area contributed by atoms with Crippen molar-refractivity contribution in [1.82, 2.24) is 10.2 Å². The number of likely N-dealkylation sites (tertiary alicyclic amines) is 1. The molecule has 2 heteroatoms. The molecule has 0 radical (unpaired) electrons. The van der Waals surface area contributed by atoms with Gasteiger partial charge in [-0.1, -0.05) is 41.0 Å². The highest BCUT2D eigenvalue weighted by Gasteiger charge is 2.39. The summed E-state index contributed by atoms with van der Waals surface area (Å²) in [4.78, 5) is 2.76. The Balaban J connectivity index is 1.89. The summed E-state index contributed by atoms with van der Waals surface area (Å²) >= 11 is 0. The normalized spacial score (nSPS) is 31.7. The van der Waals surface area contributed by atoms with E-state index in [1.54, 1.807) is 0 Å². The summed E-state index contributed by atoms with van der Waals surface area (Å²) in [6.07, 6.45) is 7.06. The molecule has 2 unspecified atom stereocenters. The van der Waals surface area contributed by atoms with Crippen LogP contribution in [0.1, 0.15) is 66.7 Å². The van der Waals surface area contributed by atoms with E-state index in [0.717, 1.165) is 24.3 Å². The van der Waals surface area contributed by atoms with Crippen LogP contribution in [-0.4, -0.2) is 37.1 Å². The van der Waals surface area contributed by atoms with Gasteiger partial charge in [0.05, 0.1) is 0 Å². The second-order valence-electron chi connectivity index (χ2n) is 8.56. The third-order valence-corrected chi connectivity index (χ3v) is 6.20. The molecule has 0 aromatic carbocycles. The Morgan fingerprint density at radius 3 is 2.38 bits per heavy atom. The van der Waals surface area contributed by atoms with Gasteiger partial charge in [-0.3, -0.25) is 0 Å². The number of nitrogens with zero attached hydrogens (tertiary/aromatic N) is 1. The standard InChI is InChI=1S/C19H38N2/c1-6-20-18-17(8-7-11-19(18,4)5)14-21-12-9-16(10-13-21)15(2)3/h15-18,20H,6-14H2,1-5H3. The Labute approximate surface area is 133 Å². The lowest BCUT2D eigenvalue weighted by Crippen LogP contribution is -2.53. The fourth-order valence-corrected chi connectivity index (χ4v) is 4.77. The van der Waals surface area contributed by atoms with Crippen LogP contribution in [0.4, 0.5) is 0 Å². The number of hydrogen-bond donors (Lipinski definition) is 1. The van der Waals surface area contributed by atoms with Gasteiger partial charge in [-0.05, 0) is 68.5 Å². The van der Waals surface area contributed by atoms with Crippen LogP contribution in [0, 0.1) is 23.2 Å². The van der Waals surface area contributed by atoms with Gasteiger partial charge in [0.1, 0.15) is 0 Å². The average molecular weight is 295 g/mol. The predicted octanol–water partition coefficient (Wildman–Crippen LogP) is 4.16. The fraction of sp³-hybridized carbons (Fsp3) is 1.00. The van der Waals surface area contributed by atoms with Crippen molar-refractivity contribution in [2.75, 3.05) is 26.2 Å². The van der Waals surface area contributed by atoms with Crippen molar-refractivity contribution in [3.8, 4) is 0 Å². The van der Waals surface area contributed by atoms with Gasteiger partial charge in [-0.15, -0.1) is 0 Å². The zero-order valence-corrected chi connectivity index (χ0v) is 15.1. The molecule has 0 bridgehead atoms. The fourth-order valence-electron chi connectivity index (χ4n) is 4.77. The molecule has 1 aliphatic carbocycles. The van der Waals surface area contributed by atoms with Crippen LogP contribution in [0.15, 0.2) is 0 Å². The zero-order chi connectivity index (χ0) is 15.5. The third-order valence-electron chi connectivity index (χ3n) is 6.20. The first kappa shape index (κ1) is 17.3. The minimum absolute atomic E-state index is 0.467. The number of rotatable bonds is 5. The maximum atomic E-state index is 3.81. The van der Waals surface area contributed by atoms with Crippen molar-refractivity contribution in [3.63, 3.8) is 0 Å². The molecule has 2 atom stereocenters. The van der Waals surface area contributed by atoms with E-state index in [1.807, 2.05) is 0 Å². The molecule has 1 aliphatic heterocycles. The molecule has 21 heavy (non-hydrogen) atoms. The summed E-state index contributed by atoms with van der Waals surface area (Å²) in [6.45, 7) is 17.1. The van der Waals surface area contributed by atoms with Crippen LogP contribution < -0.4 is 5.32 Å². The molecule has 0 aromatic rings. The first-order chi connectivity index (χ1) is 9.94. The highest BCUT2D eigenvalue weighted by Crippen LogP contribution is 2.39. The Morgan fingerprint density at radius 2 is 1.81 bits per heavy atom. The predicted molar refractivity (Wildman–Crippen MR) is 92.6 cm³/mol. The van der Waals surface area contributed by atoms with Crippen LogP contribution in [-0.2, 0) is 0 Å². The molecule has 124 valence electrons. The SMILES string of the molecule is CCNC1C(CN2CCC(C(C)C)CC2)CCCC1(C)C. The van der Waals surface area contributed by atoms with Gasteiger partial charge < -0.3 is 10.2 Å². The maximum absolute atomic E-state index is 3.81. The monoisotopic (exact) mass is 294 g/mol. The second-order valence-corrected chi connectivity index (χ2v) is 8.56. The number of hydrogen-bond acceptors (Lipinski definition) is 2. The Morgan fingerprint density at radius 1 is 1.14 bits per heavy atom. The lowest BCUT2D eigenvalue weighted by atomic mass is 9.67. The van der Waals surface area contributed by atoms with E-state index in [1.165, 1.54) is 51.7 Å². The highest BCUT2D eigenvalue weighted by molar-refractivity contribution is 4.94. The summed E-state index contributed by atoms with van der Waals surface area (Å²) in [5.41, 5.74) is 0.467. The van der Waals surface area contributed by atoms with E-state index in [0.29, 0.717) is 11.5 Å². The van der Waals surface area contributed by atoms with E-state index < -0.39 is 0 Å². The lowest BCUT2D eigenvalue weighted by molar-refractivity contribution is 0.0634. The molecule has 1 heterocycles. The van der Waals surface area contributed by atoms with Crippen molar-refractivity contribution in [2.45, 2.75) is 72.8 Å². The lowest BCUT2D eigenvalue weighted by Gasteiger charge is -2.47. The zero-order valence-electron chi connectivity index (χ0n) is 15.1. The molecule has 1 saturated heterocycles. The van der Waals surface area contributed by atoms with Gasteiger partial charge in [-0.25, -0.2) is 0 Å². The summed E-state index contributed by atoms with van der Waals surface area (Å²) in [5, 5.41) is 3.81. The minimum atomic E-state index is 0.467. The minimum Gasteiger partial charge on any atom is -0.313 e. The summed E-state index contributed by atoms with van der Waals surface area (Å²) < 4.78 is 0. The summed E-state index contributed by atoms with van der Waals surface area (Å²) in [5.74, 6) is 2.69. The Bertz CT molecular complexity index is 303. The van der Waals surface area contributed by atoms with Gasteiger partial charge in [-0.2, -0.15) is 0 Å². The van der Waals surface area contributed by atoms with Gasteiger partial charge >= 0.3 is 0 Å². The summed E-state index contributed by atoms with van der Waals surface area (Å²) in [6, 6.07) is 0.707. The van der Waals surface area contributed by atoms with Crippen molar-refractivity contribution < 1.29 is 0 Å². The molecule has 0 spiro atoms. The molecule has 2 fully saturated rings. The third kappa shape index (κ3) is 4.45. The van der Waals surface area contributed by atoms with E-state index in [4.69, 9.17) is 0 Å². The van der Waals surface area contributed by atoms with E-state index in [9.17, 15) is 0 Å². The van der Waals surface area contributed by atoms with Gasteiger partial charge in [0.2, 0.25) is 0 Å². The molecule has 2 aliphatic rings. The van der Waals surface area contributed by atoms with Crippen LogP contribution in [0.3, 0.4) is 0 Å². The van der Waals surface area contributed by atoms with E-state index in [2.05, 4.69) is 44.8 Å². The molecular weight excluding hydrogens is 256 g/mol. The Kier molecular flexibility index (Phi) is 6.14. The number of piperidine rings is 1. The maximum Gasteiger partial charge on any atom is 0.0159 e. The smallest absolute Gasteiger partial charge is 0.0159 e. The molecule has 2 rings (SSSR count). The van der Waals surface area contributed by atoms with Crippen LogP contribution >= 0.6 is 0 Å². The van der Waals surface area contributed by atoms with Crippen molar-refractivity contribution in [1.29, 1.82) is 0 Å². The van der Waals surface area contributed by atoms with Crippen molar-refractivity contribution >= 4 is 0 Å². The topological polar surface area (TPSA) is 15.3 Å². The molecule has 2 nitrogen and oxygen atoms in total. The van der Waals surface area contributed by atoms with E-state index in [-0.39, 0.29) is 0 Å². The summed E-state index contributed by atoms with van der Waals surface area (Å²) in [7, 11) is 0. The second kappa shape index (κ2) is 7.46. The largest absolute Gasteiger partial charge is 0.313 e. The van der Waals surface area contributed by atoms with Crippen molar-refractivity contribution in [3.05, 3.63) is 0 Å². The van der Waals surface area contributed by atoms with E-state index >= 15 is 0 Å². The van der Waals surface area contributed by atoms with Crippen molar-refractivity contribution in [2.24, 2.45) is 23.2 Å². The molecule has 0 amide bonds. The van der Waals surface area contributed by atoms with Crippen LogP contribution in [0.25, 0.3) is 0 Å². The first-order valence-electron chi connectivity index (χ1n) is 9.39. The van der Waals surface area contributed by atoms with Gasteiger partial charge in [0.15, 0.2) is 0 Å². The molecule has 0 aromatic heterocycles. The number of nitrogens with one attached hydrogen (secondary N) is 1. The van der Waals surface area contributed by atoms with Gasteiger partial charge in [0.25, 0.3) is 0 Å². The highest BCUT2D eigenvalue weighted by atomic mass is 15.1. The van der Waals surface area contributed by atoms with Gasteiger partial charge in [0, 0.05) is 12.6 Å². The first-order valence-corrected chi connectivity index (χ1v) is 9.39. The Hall–Kier alpha value is -0.0800. The van der Waals surface area contributed by atoms with Crippen LogP contribution in [0.2, 0.25) is 0 Å². The quantitative estimate of drug-likeness (QED) is 0.819.